The van der Waals surface area contributed by atoms with Crippen LogP contribution < -0.4 is 15.2 Å². The van der Waals surface area contributed by atoms with E-state index in [1.807, 2.05) is 31.2 Å². The first-order valence-corrected chi connectivity index (χ1v) is 8.40. The molecule has 0 unspecified atom stereocenters. The van der Waals surface area contributed by atoms with Crippen molar-refractivity contribution >= 4 is 15.9 Å². The van der Waals surface area contributed by atoms with Gasteiger partial charge in [0, 0.05) is 6.54 Å². The second kappa shape index (κ2) is 6.80. The summed E-state index contributed by atoms with van der Waals surface area (Å²) in [5.41, 5.74) is 2.18. The molecule has 3 N–H and O–H groups in total. The number of nitrogens with one attached hydrogen (secondary N) is 1. The molecule has 0 heterocycles. The zero-order valence-corrected chi connectivity index (χ0v) is 13.7. The molecule has 2 aromatic carbocycles. The van der Waals surface area contributed by atoms with E-state index in [2.05, 4.69) is 5.32 Å². The van der Waals surface area contributed by atoms with Gasteiger partial charge in [-0.25, -0.2) is 13.6 Å². The molecule has 0 saturated heterocycles. The molecular formula is C16H18N2O4S. The number of ether oxygens (including phenoxy) is 1. The Hall–Kier alpha value is -2.38. The summed E-state index contributed by atoms with van der Waals surface area (Å²) in [4.78, 5) is 12.2. The first-order chi connectivity index (χ1) is 10.8. The van der Waals surface area contributed by atoms with Gasteiger partial charge in [0.25, 0.3) is 5.91 Å². The molecular weight excluding hydrogens is 316 g/mol. The van der Waals surface area contributed by atoms with E-state index in [0.29, 0.717) is 6.54 Å². The highest BCUT2D eigenvalue weighted by atomic mass is 32.2. The monoisotopic (exact) mass is 334 g/mol. The van der Waals surface area contributed by atoms with E-state index in [1.54, 1.807) is 0 Å². The summed E-state index contributed by atoms with van der Waals surface area (Å²) in [5.74, 6) is -0.160. The average molecular weight is 334 g/mol. The number of benzene rings is 2. The normalized spacial score (nSPS) is 11.1. The van der Waals surface area contributed by atoms with Crippen molar-refractivity contribution in [2.45, 2.75) is 18.4 Å². The standard InChI is InChI=1S/C16H18N2O4S/c1-11-3-5-12(6-4-11)10-18-16(19)14-9-13(23(17,20)21)7-8-15(14)22-2/h3-9H,10H2,1-2H3,(H,18,19)(H2,17,20,21). The summed E-state index contributed by atoms with van der Waals surface area (Å²) in [6, 6.07) is 11.6. The lowest BCUT2D eigenvalue weighted by atomic mass is 10.1. The van der Waals surface area contributed by atoms with Crippen LogP contribution in [0.4, 0.5) is 0 Å². The fourth-order valence-electron chi connectivity index (χ4n) is 2.03. The smallest absolute Gasteiger partial charge is 0.255 e. The van der Waals surface area contributed by atoms with E-state index in [9.17, 15) is 13.2 Å². The Labute approximate surface area is 135 Å². The van der Waals surface area contributed by atoms with Crippen LogP contribution in [0.5, 0.6) is 5.75 Å². The molecule has 1 amide bonds. The molecule has 122 valence electrons. The Balaban J connectivity index is 2.22. The maximum absolute atomic E-state index is 12.3. The second-order valence-corrected chi connectivity index (χ2v) is 6.64. The van der Waals surface area contributed by atoms with E-state index >= 15 is 0 Å². The Bertz CT molecular complexity index is 814. The fourth-order valence-corrected chi connectivity index (χ4v) is 2.56. The number of nitrogens with two attached hydrogens (primary N) is 1. The highest BCUT2D eigenvalue weighted by molar-refractivity contribution is 7.89. The molecule has 0 radical (unpaired) electrons. The molecule has 0 spiro atoms. The number of rotatable bonds is 5. The minimum Gasteiger partial charge on any atom is -0.496 e. The van der Waals surface area contributed by atoms with Gasteiger partial charge in [0.2, 0.25) is 10.0 Å². The van der Waals surface area contributed by atoms with Crippen LogP contribution in [0.15, 0.2) is 47.4 Å². The Morgan fingerprint density at radius 1 is 1.17 bits per heavy atom. The van der Waals surface area contributed by atoms with Crippen LogP contribution in [0.2, 0.25) is 0 Å². The van der Waals surface area contributed by atoms with Crippen molar-refractivity contribution in [1.29, 1.82) is 0 Å². The molecule has 2 aromatic rings. The van der Waals surface area contributed by atoms with Crippen molar-refractivity contribution < 1.29 is 17.9 Å². The number of hydrogen-bond acceptors (Lipinski definition) is 4. The maximum Gasteiger partial charge on any atom is 0.255 e. The molecule has 0 fully saturated rings. The second-order valence-electron chi connectivity index (χ2n) is 5.08. The number of amides is 1. The van der Waals surface area contributed by atoms with Gasteiger partial charge in [-0.3, -0.25) is 4.79 Å². The van der Waals surface area contributed by atoms with E-state index in [1.165, 1.54) is 25.3 Å². The van der Waals surface area contributed by atoms with E-state index < -0.39 is 15.9 Å². The molecule has 7 heteroatoms. The van der Waals surface area contributed by atoms with Crippen molar-refractivity contribution in [1.82, 2.24) is 5.32 Å². The van der Waals surface area contributed by atoms with Crippen molar-refractivity contribution in [2.24, 2.45) is 5.14 Å². The topological polar surface area (TPSA) is 98.5 Å². The Morgan fingerprint density at radius 2 is 1.83 bits per heavy atom. The molecule has 2 rings (SSSR count). The van der Waals surface area contributed by atoms with E-state index in [4.69, 9.17) is 9.88 Å². The lowest BCUT2D eigenvalue weighted by Crippen LogP contribution is -2.24. The summed E-state index contributed by atoms with van der Waals surface area (Å²) in [6.07, 6.45) is 0. The van der Waals surface area contributed by atoms with Crippen molar-refractivity contribution in [2.75, 3.05) is 7.11 Å². The van der Waals surface area contributed by atoms with Crippen LogP contribution in [0.1, 0.15) is 21.5 Å². The van der Waals surface area contributed by atoms with Gasteiger partial charge in [-0.05, 0) is 30.7 Å². The van der Waals surface area contributed by atoms with Gasteiger partial charge in [-0.2, -0.15) is 0 Å². The van der Waals surface area contributed by atoms with Gasteiger partial charge in [-0.15, -0.1) is 0 Å². The predicted octanol–water partition coefficient (Wildman–Crippen LogP) is 1.58. The van der Waals surface area contributed by atoms with Crippen LogP contribution in [0, 0.1) is 6.92 Å². The number of sulfonamides is 1. The third-order valence-electron chi connectivity index (χ3n) is 3.32. The number of carbonyl (C=O) groups is 1. The summed E-state index contributed by atoms with van der Waals surface area (Å²) < 4.78 is 28.0. The summed E-state index contributed by atoms with van der Waals surface area (Å²) in [6.45, 7) is 2.30. The number of aryl methyl sites for hydroxylation is 1. The lowest BCUT2D eigenvalue weighted by molar-refractivity contribution is 0.0947. The zero-order chi connectivity index (χ0) is 17.0. The van der Waals surface area contributed by atoms with Gasteiger partial charge in [0.1, 0.15) is 5.75 Å². The molecule has 0 bridgehead atoms. The largest absolute Gasteiger partial charge is 0.496 e. The minimum absolute atomic E-state index is 0.117. The molecule has 0 aliphatic rings. The van der Waals surface area contributed by atoms with E-state index in [-0.39, 0.29) is 16.2 Å². The first kappa shape index (κ1) is 17.0. The van der Waals surface area contributed by atoms with Crippen molar-refractivity contribution in [3.8, 4) is 5.75 Å². The van der Waals surface area contributed by atoms with Gasteiger partial charge in [0.05, 0.1) is 17.6 Å². The first-order valence-electron chi connectivity index (χ1n) is 6.86. The number of primary sulfonamides is 1. The predicted molar refractivity (Wildman–Crippen MR) is 86.7 cm³/mol. The molecule has 0 aromatic heterocycles. The lowest BCUT2D eigenvalue weighted by Gasteiger charge is -2.11. The third-order valence-corrected chi connectivity index (χ3v) is 4.23. The van der Waals surface area contributed by atoms with Crippen molar-refractivity contribution in [3.63, 3.8) is 0 Å². The molecule has 0 saturated carbocycles. The molecule has 6 nitrogen and oxygen atoms in total. The van der Waals surface area contributed by atoms with Gasteiger partial charge in [0.15, 0.2) is 0 Å². The number of carbonyl (C=O) groups excluding carboxylic acids is 1. The van der Waals surface area contributed by atoms with Crippen LogP contribution in [-0.4, -0.2) is 21.4 Å². The van der Waals surface area contributed by atoms with Crippen LogP contribution in [-0.2, 0) is 16.6 Å². The Morgan fingerprint density at radius 3 is 2.39 bits per heavy atom. The number of hydrogen-bond donors (Lipinski definition) is 2. The third kappa shape index (κ3) is 4.30. The van der Waals surface area contributed by atoms with Gasteiger partial charge >= 0.3 is 0 Å². The molecule has 0 atom stereocenters. The highest BCUT2D eigenvalue weighted by Crippen LogP contribution is 2.22. The minimum atomic E-state index is -3.89. The highest BCUT2D eigenvalue weighted by Gasteiger charge is 2.17. The average Bonchev–Trinajstić information content (AvgIpc) is 2.52. The fraction of sp³-hybridized carbons (Fsp3) is 0.188. The van der Waals surface area contributed by atoms with E-state index in [0.717, 1.165) is 11.1 Å². The van der Waals surface area contributed by atoms with Crippen LogP contribution in [0.25, 0.3) is 0 Å². The zero-order valence-electron chi connectivity index (χ0n) is 12.9. The summed E-state index contributed by atoms with van der Waals surface area (Å²) in [7, 11) is -2.49. The SMILES string of the molecule is COc1ccc(S(N)(=O)=O)cc1C(=O)NCc1ccc(C)cc1. The van der Waals surface area contributed by atoms with Crippen molar-refractivity contribution in [3.05, 3.63) is 59.2 Å². The van der Waals surface area contributed by atoms with Crippen LogP contribution in [0.3, 0.4) is 0 Å². The molecule has 0 aliphatic heterocycles. The van der Waals surface area contributed by atoms with Gasteiger partial charge < -0.3 is 10.1 Å². The van der Waals surface area contributed by atoms with Gasteiger partial charge in [-0.1, -0.05) is 29.8 Å². The Kier molecular flexibility index (Phi) is 5.02. The van der Waals surface area contributed by atoms with Crippen LogP contribution >= 0.6 is 0 Å². The maximum atomic E-state index is 12.3. The molecule has 23 heavy (non-hydrogen) atoms. The quantitative estimate of drug-likeness (QED) is 0.867. The number of methoxy groups -OCH3 is 1. The summed E-state index contributed by atoms with van der Waals surface area (Å²) in [5, 5.41) is 7.83. The summed E-state index contributed by atoms with van der Waals surface area (Å²) >= 11 is 0. The molecule has 0 aliphatic carbocycles.